The highest BCUT2D eigenvalue weighted by atomic mass is 32.2. The highest BCUT2D eigenvalue weighted by molar-refractivity contribution is 7.85. The fraction of sp³-hybridized carbons (Fsp3) is 0.462. The van der Waals surface area contributed by atoms with Crippen molar-refractivity contribution in [3.05, 3.63) is 23.8 Å². The van der Waals surface area contributed by atoms with Crippen LogP contribution in [0.25, 0.3) is 0 Å². The number of nitrogens with two attached hydrogens (primary N) is 1. The van der Waals surface area contributed by atoms with E-state index in [0.717, 1.165) is 18.8 Å². The molecule has 1 fully saturated rings. The molecule has 0 radical (unpaired) electrons. The molecular formula is C13H19N3O2S. The molecule has 0 atom stereocenters. The maximum Gasteiger partial charge on any atom is 0.253 e. The molecule has 1 amide bonds. The van der Waals surface area contributed by atoms with E-state index in [2.05, 4.69) is 4.90 Å². The molecule has 1 aromatic carbocycles. The van der Waals surface area contributed by atoms with Gasteiger partial charge in [0.25, 0.3) is 5.91 Å². The average Bonchev–Trinajstić information content (AvgIpc) is 2.39. The smallest absolute Gasteiger partial charge is 0.253 e. The molecule has 104 valence electrons. The van der Waals surface area contributed by atoms with Gasteiger partial charge in [0.2, 0.25) is 0 Å². The van der Waals surface area contributed by atoms with Crippen LogP contribution in [0.15, 0.2) is 18.2 Å². The summed E-state index contributed by atoms with van der Waals surface area (Å²) in [6.07, 6.45) is 0. The zero-order chi connectivity index (χ0) is 14.0. The summed E-state index contributed by atoms with van der Waals surface area (Å²) < 4.78 is 11.3. The van der Waals surface area contributed by atoms with E-state index in [1.807, 2.05) is 6.07 Å². The third kappa shape index (κ3) is 3.07. The predicted molar refractivity (Wildman–Crippen MR) is 79.0 cm³/mol. The van der Waals surface area contributed by atoms with E-state index < -0.39 is 10.8 Å². The molecule has 1 aliphatic heterocycles. The van der Waals surface area contributed by atoms with Crippen LogP contribution in [-0.2, 0) is 10.8 Å². The Morgan fingerprint density at radius 1 is 1.32 bits per heavy atom. The molecular weight excluding hydrogens is 262 g/mol. The number of carbonyl (C=O) groups is 1. The van der Waals surface area contributed by atoms with Crippen LogP contribution in [0, 0.1) is 0 Å². The molecule has 2 N–H and O–H groups in total. The van der Waals surface area contributed by atoms with Crippen LogP contribution in [0.4, 0.5) is 11.4 Å². The first-order chi connectivity index (χ1) is 8.99. The number of benzene rings is 1. The van der Waals surface area contributed by atoms with Gasteiger partial charge >= 0.3 is 0 Å². The number of hydrogen-bond acceptors (Lipinski definition) is 4. The SMILES string of the molecule is CN(C)C(=O)c1ccc(N2CCS(=O)CC2)c(N)c1. The van der Waals surface area contributed by atoms with Gasteiger partial charge in [0.15, 0.2) is 0 Å². The van der Waals surface area contributed by atoms with Gasteiger partial charge in [-0.15, -0.1) is 0 Å². The van der Waals surface area contributed by atoms with Crippen LogP contribution >= 0.6 is 0 Å². The number of rotatable bonds is 2. The molecule has 1 aliphatic rings. The molecule has 1 heterocycles. The van der Waals surface area contributed by atoms with Crippen molar-refractivity contribution >= 4 is 28.1 Å². The standard InChI is InChI=1S/C13H19N3O2S/c1-15(2)13(17)10-3-4-12(11(14)9-10)16-5-7-19(18)8-6-16/h3-4,9H,5-8,14H2,1-2H3. The number of nitrogens with zero attached hydrogens (tertiary/aromatic N) is 2. The van der Waals surface area contributed by atoms with Gasteiger partial charge in [0.1, 0.15) is 0 Å². The fourth-order valence-electron chi connectivity index (χ4n) is 2.11. The lowest BCUT2D eigenvalue weighted by atomic mass is 10.1. The first kappa shape index (κ1) is 13.9. The lowest BCUT2D eigenvalue weighted by molar-refractivity contribution is 0.0827. The molecule has 0 aliphatic carbocycles. The number of carbonyl (C=O) groups excluding carboxylic acids is 1. The summed E-state index contributed by atoms with van der Waals surface area (Å²) >= 11 is 0. The normalized spacial score (nSPS) is 16.4. The Kier molecular flexibility index (Phi) is 4.09. The topological polar surface area (TPSA) is 66.6 Å². The summed E-state index contributed by atoms with van der Waals surface area (Å²) in [7, 11) is 2.73. The predicted octanol–water partition coefficient (Wildman–Crippen LogP) is 0.539. The van der Waals surface area contributed by atoms with Crippen LogP contribution in [0.3, 0.4) is 0 Å². The summed E-state index contributed by atoms with van der Waals surface area (Å²) in [6, 6.07) is 5.38. The van der Waals surface area contributed by atoms with E-state index in [0.29, 0.717) is 22.8 Å². The van der Waals surface area contributed by atoms with Crippen molar-refractivity contribution in [1.82, 2.24) is 4.90 Å². The molecule has 19 heavy (non-hydrogen) atoms. The van der Waals surface area contributed by atoms with Crippen molar-refractivity contribution in [2.75, 3.05) is 49.3 Å². The van der Waals surface area contributed by atoms with Gasteiger partial charge in [-0.3, -0.25) is 9.00 Å². The third-order valence-electron chi connectivity index (χ3n) is 3.20. The third-order valence-corrected chi connectivity index (χ3v) is 4.47. The fourth-order valence-corrected chi connectivity index (χ4v) is 3.16. The van der Waals surface area contributed by atoms with Crippen molar-refractivity contribution in [3.63, 3.8) is 0 Å². The first-order valence-electron chi connectivity index (χ1n) is 6.20. The van der Waals surface area contributed by atoms with E-state index in [1.165, 1.54) is 4.90 Å². The Bertz CT molecular complexity index is 507. The van der Waals surface area contributed by atoms with Gasteiger partial charge in [-0.25, -0.2) is 0 Å². The van der Waals surface area contributed by atoms with Gasteiger partial charge in [-0.1, -0.05) is 0 Å². The first-order valence-corrected chi connectivity index (χ1v) is 7.69. The second-order valence-corrected chi connectivity index (χ2v) is 6.50. The zero-order valence-corrected chi connectivity index (χ0v) is 12.1. The van der Waals surface area contributed by atoms with Crippen LogP contribution in [-0.4, -0.2) is 53.7 Å². The summed E-state index contributed by atoms with van der Waals surface area (Å²) in [5, 5.41) is 0. The lowest BCUT2D eigenvalue weighted by Gasteiger charge is -2.29. The molecule has 6 heteroatoms. The van der Waals surface area contributed by atoms with Gasteiger partial charge in [-0.05, 0) is 18.2 Å². The summed E-state index contributed by atoms with van der Waals surface area (Å²) in [5.41, 5.74) is 8.15. The number of amides is 1. The van der Waals surface area contributed by atoms with Gasteiger partial charge in [0.05, 0.1) is 11.4 Å². The van der Waals surface area contributed by atoms with Crippen molar-refractivity contribution in [3.8, 4) is 0 Å². The minimum absolute atomic E-state index is 0.0574. The molecule has 0 saturated carbocycles. The molecule has 1 aromatic rings. The molecule has 0 spiro atoms. The van der Waals surface area contributed by atoms with Crippen molar-refractivity contribution in [2.24, 2.45) is 0 Å². The molecule has 1 saturated heterocycles. The van der Waals surface area contributed by atoms with Crippen LogP contribution in [0.5, 0.6) is 0 Å². The second kappa shape index (κ2) is 5.61. The van der Waals surface area contributed by atoms with Crippen molar-refractivity contribution in [1.29, 1.82) is 0 Å². The number of hydrogen-bond donors (Lipinski definition) is 1. The quantitative estimate of drug-likeness (QED) is 0.804. The largest absolute Gasteiger partial charge is 0.397 e. The second-order valence-electron chi connectivity index (χ2n) is 4.81. The van der Waals surface area contributed by atoms with Gasteiger partial charge < -0.3 is 15.5 Å². The average molecular weight is 281 g/mol. The Balaban J connectivity index is 2.20. The molecule has 0 unspecified atom stereocenters. The van der Waals surface area contributed by atoms with Crippen LogP contribution in [0.2, 0.25) is 0 Å². The van der Waals surface area contributed by atoms with Crippen LogP contribution < -0.4 is 10.6 Å². The van der Waals surface area contributed by atoms with Crippen LogP contribution in [0.1, 0.15) is 10.4 Å². The molecule has 0 aromatic heterocycles. The Labute approximate surface area is 115 Å². The number of nitrogen functional groups attached to an aromatic ring is 1. The summed E-state index contributed by atoms with van der Waals surface area (Å²) in [6.45, 7) is 1.50. The highest BCUT2D eigenvalue weighted by Crippen LogP contribution is 2.25. The van der Waals surface area contributed by atoms with E-state index >= 15 is 0 Å². The Morgan fingerprint density at radius 3 is 2.47 bits per heavy atom. The van der Waals surface area contributed by atoms with E-state index in [-0.39, 0.29) is 5.91 Å². The maximum atomic E-state index is 11.8. The Hall–Kier alpha value is -1.56. The Morgan fingerprint density at radius 2 is 1.95 bits per heavy atom. The minimum atomic E-state index is -0.702. The maximum absolute atomic E-state index is 11.8. The summed E-state index contributed by atoms with van der Waals surface area (Å²) in [5.74, 6) is 1.30. The van der Waals surface area contributed by atoms with Crippen molar-refractivity contribution < 1.29 is 9.00 Å². The summed E-state index contributed by atoms with van der Waals surface area (Å²) in [4.78, 5) is 15.5. The monoisotopic (exact) mass is 281 g/mol. The van der Waals surface area contributed by atoms with E-state index in [1.54, 1.807) is 26.2 Å². The molecule has 0 bridgehead atoms. The molecule has 2 rings (SSSR count). The minimum Gasteiger partial charge on any atom is -0.397 e. The van der Waals surface area contributed by atoms with E-state index in [4.69, 9.17) is 5.73 Å². The van der Waals surface area contributed by atoms with Crippen molar-refractivity contribution in [2.45, 2.75) is 0 Å². The van der Waals surface area contributed by atoms with Gasteiger partial charge in [-0.2, -0.15) is 0 Å². The van der Waals surface area contributed by atoms with E-state index in [9.17, 15) is 9.00 Å². The lowest BCUT2D eigenvalue weighted by Crippen LogP contribution is -2.38. The number of anilines is 2. The highest BCUT2D eigenvalue weighted by Gasteiger charge is 2.18. The molecule has 5 nitrogen and oxygen atoms in total. The van der Waals surface area contributed by atoms with Gasteiger partial charge in [0, 0.05) is 55.1 Å². The zero-order valence-electron chi connectivity index (χ0n) is 11.3.